The highest BCUT2D eigenvalue weighted by Crippen LogP contribution is 2.29. The van der Waals surface area contributed by atoms with Gasteiger partial charge in [-0.15, -0.1) is 0 Å². The van der Waals surface area contributed by atoms with Crippen LogP contribution >= 0.6 is 0 Å². The van der Waals surface area contributed by atoms with Crippen molar-refractivity contribution in [2.75, 3.05) is 0 Å². The fraction of sp³-hybridized carbons (Fsp3) is 0.231. The van der Waals surface area contributed by atoms with E-state index in [0.29, 0.717) is 29.3 Å². The summed E-state index contributed by atoms with van der Waals surface area (Å²) in [6, 6.07) is 15.6. The van der Waals surface area contributed by atoms with E-state index in [9.17, 15) is 22.4 Å². The van der Waals surface area contributed by atoms with Crippen molar-refractivity contribution >= 4 is 16.8 Å². The van der Waals surface area contributed by atoms with Gasteiger partial charge < -0.3 is 10.1 Å². The predicted octanol–water partition coefficient (Wildman–Crippen LogP) is 6.22. The van der Waals surface area contributed by atoms with Gasteiger partial charge in [-0.2, -0.15) is 13.9 Å². The normalized spacial score (nSPS) is 13.1. The Morgan fingerprint density at radius 3 is 2.40 bits per heavy atom. The smallest absolute Gasteiger partial charge is 0.321 e. The number of nitrogens with zero attached hydrogens (tertiary/aromatic N) is 2. The zero-order chi connectivity index (χ0) is 24.5. The Bertz CT molecular complexity index is 1320. The van der Waals surface area contributed by atoms with E-state index >= 15 is 0 Å². The van der Waals surface area contributed by atoms with E-state index < -0.39 is 29.8 Å². The van der Waals surface area contributed by atoms with Gasteiger partial charge in [0.2, 0.25) is 0 Å². The Balaban J connectivity index is 0.00000342. The van der Waals surface area contributed by atoms with Crippen LogP contribution in [-0.4, -0.2) is 27.7 Å². The highest BCUT2D eigenvalue weighted by atomic mass is 19.3. The van der Waals surface area contributed by atoms with E-state index in [2.05, 4.69) is 10.4 Å². The fourth-order valence-electron chi connectivity index (χ4n) is 3.57. The molecule has 184 valence electrons. The Labute approximate surface area is 200 Å². The Kier molecular flexibility index (Phi) is 7.48. The summed E-state index contributed by atoms with van der Waals surface area (Å²) in [4.78, 5) is 11.8. The van der Waals surface area contributed by atoms with Gasteiger partial charge in [0.05, 0.1) is 23.4 Å². The molecule has 0 bridgehead atoms. The van der Waals surface area contributed by atoms with Gasteiger partial charge in [0.25, 0.3) is 5.91 Å². The van der Waals surface area contributed by atoms with Gasteiger partial charge in [-0.25, -0.2) is 13.5 Å². The van der Waals surface area contributed by atoms with Crippen molar-refractivity contribution in [1.29, 1.82) is 0 Å². The molecule has 0 spiro atoms. The maximum absolute atomic E-state index is 13.9. The zero-order valence-electron chi connectivity index (χ0n) is 18.3. The molecule has 4 rings (SSSR count). The Morgan fingerprint density at radius 2 is 1.74 bits per heavy atom. The number of benzene rings is 3. The van der Waals surface area contributed by atoms with E-state index in [1.165, 1.54) is 37.3 Å². The van der Waals surface area contributed by atoms with E-state index in [1.54, 1.807) is 47.3 Å². The molecule has 0 aliphatic heterocycles. The number of rotatable bonds is 7. The SMILES string of the molecule is C.C[C@H](NC(=O)C(C)(F)F)[C@H](Oc1ccc2c(cnn2-c2ccc(F)cc2)c1)c1cccc(F)c1. The number of hydrogen-bond acceptors (Lipinski definition) is 3. The molecule has 0 aliphatic rings. The molecule has 4 aromatic rings. The topological polar surface area (TPSA) is 56.1 Å². The summed E-state index contributed by atoms with van der Waals surface area (Å²) in [5.74, 6) is -5.55. The molecule has 1 aromatic heterocycles. The van der Waals surface area contributed by atoms with Crippen LogP contribution in [-0.2, 0) is 4.79 Å². The second kappa shape index (κ2) is 10.2. The highest BCUT2D eigenvalue weighted by Gasteiger charge is 2.35. The first kappa shape index (κ1) is 25.7. The van der Waals surface area contributed by atoms with E-state index in [1.807, 2.05) is 0 Å². The van der Waals surface area contributed by atoms with Gasteiger partial charge >= 0.3 is 5.92 Å². The first-order valence-electron chi connectivity index (χ1n) is 10.5. The van der Waals surface area contributed by atoms with Crippen molar-refractivity contribution in [2.24, 2.45) is 0 Å². The molecule has 3 aromatic carbocycles. The number of nitrogens with one attached hydrogen (secondary N) is 1. The van der Waals surface area contributed by atoms with Crippen LogP contribution in [0.3, 0.4) is 0 Å². The van der Waals surface area contributed by atoms with E-state index in [4.69, 9.17) is 4.74 Å². The van der Waals surface area contributed by atoms with Crippen LogP contribution < -0.4 is 10.1 Å². The van der Waals surface area contributed by atoms with Gasteiger partial charge in [0.15, 0.2) is 0 Å². The maximum atomic E-state index is 13.9. The molecule has 0 saturated heterocycles. The minimum atomic E-state index is -3.57. The molecule has 0 fully saturated rings. The molecule has 5 nitrogen and oxygen atoms in total. The van der Waals surface area contributed by atoms with Gasteiger partial charge in [-0.3, -0.25) is 4.79 Å². The standard InChI is InChI=1S/C25H21F4N3O2.CH4/c1-15(31-24(33)25(2,28)29)23(16-4-3-5-19(27)12-16)34-21-10-11-22-17(13-21)14-30-32(22)20-8-6-18(26)7-9-20;/h3-15,23H,1-2H3,(H,31,33);1H4/t15-,23-;/m0./s1. The minimum absolute atomic E-state index is 0. The van der Waals surface area contributed by atoms with Crippen LogP contribution in [0.4, 0.5) is 17.6 Å². The predicted molar refractivity (Wildman–Crippen MR) is 126 cm³/mol. The molecule has 0 unspecified atom stereocenters. The maximum Gasteiger partial charge on any atom is 0.321 e. The van der Waals surface area contributed by atoms with Crippen LogP contribution in [0.25, 0.3) is 16.6 Å². The van der Waals surface area contributed by atoms with Crippen molar-refractivity contribution in [3.8, 4) is 11.4 Å². The number of amides is 1. The summed E-state index contributed by atoms with van der Waals surface area (Å²) < 4.78 is 61.7. The second-order valence-electron chi connectivity index (χ2n) is 8.00. The van der Waals surface area contributed by atoms with Crippen LogP contribution in [0.1, 0.15) is 32.9 Å². The average molecular weight is 487 g/mol. The first-order chi connectivity index (χ1) is 16.1. The van der Waals surface area contributed by atoms with Crippen molar-refractivity contribution in [3.63, 3.8) is 0 Å². The second-order valence-corrected chi connectivity index (χ2v) is 8.00. The Hall–Kier alpha value is -3.88. The number of hydrogen-bond donors (Lipinski definition) is 1. The lowest BCUT2D eigenvalue weighted by atomic mass is 10.0. The van der Waals surface area contributed by atoms with Crippen LogP contribution in [0.5, 0.6) is 5.75 Å². The number of carbonyl (C=O) groups is 1. The number of halogens is 4. The van der Waals surface area contributed by atoms with Crippen LogP contribution in [0.2, 0.25) is 0 Å². The number of ether oxygens (including phenoxy) is 1. The summed E-state index contributed by atoms with van der Waals surface area (Å²) in [6.07, 6.45) is 0.651. The van der Waals surface area contributed by atoms with E-state index in [-0.39, 0.29) is 13.2 Å². The summed E-state index contributed by atoms with van der Waals surface area (Å²) in [7, 11) is 0. The lowest BCUT2D eigenvalue weighted by Gasteiger charge is -2.27. The molecule has 9 heteroatoms. The van der Waals surface area contributed by atoms with Crippen LogP contribution in [0.15, 0.2) is 72.9 Å². The lowest BCUT2D eigenvalue weighted by molar-refractivity contribution is -0.144. The highest BCUT2D eigenvalue weighted by molar-refractivity contribution is 5.83. The van der Waals surface area contributed by atoms with Crippen molar-refractivity contribution < 1.29 is 27.1 Å². The molecule has 2 atom stereocenters. The van der Waals surface area contributed by atoms with Gasteiger partial charge in [0, 0.05) is 12.3 Å². The number of fused-ring (bicyclic) bond motifs is 1. The van der Waals surface area contributed by atoms with Crippen molar-refractivity contribution in [2.45, 2.75) is 39.3 Å². The average Bonchev–Trinajstić information content (AvgIpc) is 3.20. The lowest BCUT2D eigenvalue weighted by Crippen LogP contribution is -2.46. The molecule has 0 aliphatic carbocycles. The molecule has 0 saturated carbocycles. The van der Waals surface area contributed by atoms with Gasteiger partial charge in [-0.1, -0.05) is 19.6 Å². The summed E-state index contributed by atoms with van der Waals surface area (Å²) in [6.45, 7) is 2.00. The number of alkyl halides is 2. The van der Waals surface area contributed by atoms with Crippen molar-refractivity contribution in [3.05, 3.63) is 90.1 Å². The number of aromatic nitrogens is 2. The molecule has 1 N–H and O–H groups in total. The quantitative estimate of drug-likeness (QED) is 0.315. The summed E-state index contributed by atoms with van der Waals surface area (Å²) in [5, 5.41) is 7.28. The first-order valence-corrected chi connectivity index (χ1v) is 10.5. The number of carbonyl (C=O) groups excluding carboxylic acids is 1. The van der Waals surface area contributed by atoms with E-state index in [0.717, 1.165) is 5.52 Å². The molecule has 0 radical (unpaired) electrons. The minimum Gasteiger partial charge on any atom is -0.484 e. The molecule has 1 amide bonds. The van der Waals surface area contributed by atoms with Gasteiger partial charge in [0.1, 0.15) is 23.5 Å². The molecular formula is C26H25F4N3O2. The van der Waals surface area contributed by atoms with Crippen LogP contribution in [0, 0.1) is 11.6 Å². The van der Waals surface area contributed by atoms with Crippen molar-refractivity contribution in [1.82, 2.24) is 15.1 Å². The third-order valence-corrected chi connectivity index (χ3v) is 5.26. The fourth-order valence-corrected chi connectivity index (χ4v) is 3.57. The summed E-state index contributed by atoms with van der Waals surface area (Å²) in [5.41, 5.74) is 1.77. The molecule has 35 heavy (non-hydrogen) atoms. The summed E-state index contributed by atoms with van der Waals surface area (Å²) >= 11 is 0. The molecule has 1 heterocycles. The largest absolute Gasteiger partial charge is 0.484 e. The third kappa shape index (κ3) is 5.79. The monoisotopic (exact) mass is 487 g/mol. The third-order valence-electron chi connectivity index (χ3n) is 5.26. The Morgan fingerprint density at radius 1 is 1.03 bits per heavy atom. The van der Waals surface area contributed by atoms with Gasteiger partial charge in [-0.05, 0) is 67.1 Å². The zero-order valence-corrected chi connectivity index (χ0v) is 18.3. The molecular weight excluding hydrogens is 462 g/mol.